The van der Waals surface area contributed by atoms with Crippen molar-refractivity contribution in [2.45, 2.75) is 64.3 Å². The summed E-state index contributed by atoms with van der Waals surface area (Å²) in [6.07, 6.45) is 6.24. The quantitative estimate of drug-likeness (QED) is 0.873. The lowest BCUT2D eigenvalue weighted by atomic mass is 9.84. The van der Waals surface area contributed by atoms with Crippen LogP contribution in [0.3, 0.4) is 0 Å². The molecule has 0 radical (unpaired) electrons. The van der Waals surface area contributed by atoms with Crippen LogP contribution in [0.2, 0.25) is 0 Å². The lowest BCUT2D eigenvalue weighted by molar-refractivity contribution is -0.117. The average Bonchev–Trinajstić information content (AvgIpc) is 2.76. The third kappa shape index (κ3) is 2.19. The van der Waals surface area contributed by atoms with Gasteiger partial charge in [-0.3, -0.25) is 19.4 Å². The monoisotopic (exact) mass is 277 g/mol. The molecule has 1 amide bonds. The van der Waals surface area contributed by atoms with Gasteiger partial charge in [0.15, 0.2) is 0 Å². The van der Waals surface area contributed by atoms with Gasteiger partial charge >= 0.3 is 0 Å². The fourth-order valence-corrected chi connectivity index (χ4v) is 3.60. The SMILES string of the molecule is CC(C)[C@@H]1CC(=O)Nc2c1c(=O)[nH]n2C1CCCCC1. The minimum Gasteiger partial charge on any atom is -0.311 e. The van der Waals surface area contributed by atoms with Gasteiger partial charge in [0, 0.05) is 12.3 Å². The highest BCUT2D eigenvalue weighted by Gasteiger charge is 2.34. The molecule has 5 nitrogen and oxygen atoms in total. The second-order valence-electron chi connectivity index (χ2n) is 6.47. The fraction of sp³-hybridized carbons (Fsp3) is 0.733. The van der Waals surface area contributed by atoms with Gasteiger partial charge in [-0.05, 0) is 18.8 Å². The Balaban J connectivity index is 2.04. The molecule has 0 unspecified atom stereocenters. The molecule has 1 aromatic rings. The number of carbonyl (C=O) groups is 1. The number of amides is 1. The fourth-order valence-electron chi connectivity index (χ4n) is 3.60. The first-order chi connectivity index (χ1) is 9.58. The molecule has 2 N–H and O–H groups in total. The Hall–Kier alpha value is -1.52. The maximum Gasteiger partial charge on any atom is 0.269 e. The molecule has 1 atom stereocenters. The van der Waals surface area contributed by atoms with Crippen LogP contribution in [-0.2, 0) is 4.79 Å². The molecular formula is C15H23N3O2. The Kier molecular flexibility index (Phi) is 3.44. The van der Waals surface area contributed by atoms with Gasteiger partial charge in [0.1, 0.15) is 5.82 Å². The van der Waals surface area contributed by atoms with Crippen molar-refractivity contribution in [1.29, 1.82) is 0 Å². The van der Waals surface area contributed by atoms with E-state index in [1.807, 2.05) is 4.68 Å². The minimum absolute atomic E-state index is 0.0238. The van der Waals surface area contributed by atoms with Crippen molar-refractivity contribution in [3.63, 3.8) is 0 Å². The van der Waals surface area contributed by atoms with Crippen LogP contribution in [0, 0.1) is 5.92 Å². The van der Waals surface area contributed by atoms with Crippen molar-refractivity contribution in [2.75, 3.05) is 5.32 Å². The van der Waals surface area contributed by atoms with Gasteiger partial charge in [-0.1, -0.05) is 33.1 Å². The maximum absolute atomic E-state index is 12.3. The number of rotatable bonds is 2. The van der Waals surface area contributed by atoms with Crippen LogP contribution in [0.25, 0.3) is 0 Å². The van der Waals surface area contributed by atoms with Gasteiger partial charge in [-0.2, -0.15) is 0 Å². The third-order valence-corrected chi connectivity index (χ3v) is 4.74. The molecule has 0 saturated heterocycles. The number of nitrogens with one attached hydrogen (secondary N) is 2. The van der Waals surface area contributed by atoms with Crippen molar-refractivity contribution in [3.05, 3.63) is 15.9 Å². The van der Waals surface area contributed by atoms with Crippen LogP contribution in [0.5, 0.6) is 0 Å². The number of hydrogen-bond donors (Lipinski definition) is 2. The lowest BCUT2D eigenvalue weighted by Gasteiger charge is -2.29. The number of carbonyl (C=O) groups excluding carboxylic acids is 1. The minimum atomic E-state index is -0.0238. The highest BCUT2D eigenvalue weighted by molar-refractivity contribution is 5.93. The number of hydrogen-bond acceptors (Lipinski definition) is 2. The number of fused-ring (bicyclic) bond motifs is 1. The molecule has 1 aliphatic carbocycles. The number of aromatic amines is 1. The van der Waals surface area contributed by atoms with Gasteiger partial charge in [0.2, 0.25) is 5.91 Å². The van der Waals surface area contributed by atoms with Crippen LogP contribution in [0.15, 0.2) is 4.79 Å². The smallest absolute Gasteiger partial charge is 0.269 e. The van der Waals surface area contributed by atoms with Crippen molar-refractivity contribution < 1.29 is 4.79 Å². The predicted octanol–water partition coefficient (Wildman–Crippen LogP) is 2.76. The zero-order valence-corrected chi connectivity index (χ0v) is 12.2. The van der Waals surface area contributed by atoms with Crippen molar-refractivity contribution in [1.82, 2.24) is 9.78 Å². The second-order valence-corrected chi connectivity index (χ2v) is 6.47. The Morgan fingerprint density at radius 2 is 1.85 bits per heavy atom. The Bertz CT molecular complexity index is 564. The van der Waals surface area contributed by atoms with Crippen LogP contribution in [-0.4, -0.2) is 15.7 Å². The molecule has 1 saturated carbocycles. The maximum atomic E-state index is 12.3. The second kappa shape index (κ2) is 5.11. The molecule has 1 aromatic heterocycles. The first-order valence-electron chi connectivity index (χ1n) is 7.72. The average molecular weight is 277 g/mol. The van der Waals surface area contributed by atoms with E-state index in [-0.39, 0.29) is 17.4 Å². The first kappa shape index (κ1) is 13.5. The predicted molar refractivity (Wildman–Crippen MR) is 78.0 cm³/mol. The van der Waals surface area contributed by atoms with E-state index in [0.29, 0.717) is 18.4 Å². The van der Waals surface area contributed by atoms with E-state index in [1.54, 1.807) is 0 Å². The van der Waals surface area contributed by atoms with Crippen molar-refractivity contribution in [2.24, 2.45) is 5.92 Å². The molecule has 0 bridgehead atoms. The van der Waals surface area contributed by atoms with E-state index < -0.39 is 0 Å². The molecule has 2 heterocycles. The third-order valence-electron chi connectivity index (χ3n) is 4.74. The molecule has 3 rings (SSSR count). The number of nitrogens with zero attached hydrogens (tertiary/aromatic N) is 1. The van der Waals surface area contributed by atoms with Crippen LogP contribution >= 0.6 is 0 Å². The van der Waals surface area contributed by atoms with Gasteiger partial charge in [-0.15, -0.1) is 0 Å². The van der Waals surface area contributed by atoms with Gasteiger partial charge in [-0.25, -0.2) is 0 Å². The molecule has 1 fully saturated rings. The summed E-state index contributed by atoms with van der Waals surface area (Å²) in [7, 11) is 0. The molecule has 20 heavy (non-hydrogen) atoms. The highest BCUT2D eigenvalue weighted by Crippen LogP contribution is 2.38. The van der Waals surface area contributed by atoms with E-state index in [4.69, 9.17) is 0 Å². The van der Waals surface area contributed by atoms with Crippen molar-refractivity contribution in [3.8, 4) is 0 Å². The molecule has 5 heteroatoms. The summed E-state index contributed by atoms with van der Waals surface area (Å²) in [4.78, 5) is 24.3. The Morgan fingerprint density at radius 3 is 2.50 bits per heavy atom. The number of anilines is 1. The van der Waals surface area contributed by atoms with Crippen molar-refractivity contribution >= 4 is 11.7 Å². The molecular weight excluding hydrogens is 254 g/mol. The highest BCUT2D eigenvalue weighted by atomic mass is 16.2. The zero-order chi connectivity index (χ0) is 14.3. The largest absolute Gasteiger partial charge is 0.311 e. The van der Waals surface area contributed by atoms with E-state index in [2.05, 4.69) is 24.3 Å². The van der Waals surface area contributed by atoms with E-state index in [9.17, 15) is 9.59 Å². The van der Waals surface area contributed by atoms with E-state index in [0.717, 1.165) is 24.2 Å². The first-order valence-corrected chi connectivity index (χ1v) is 7.72. The molecule has 0 aromatic carbocycles. The summed E-state index contributed by atoms with van der Waals surface area (Å²) < 4.78 is 1.93. The van der Waals surface area contributed by atoms with Crippen LogP contribution < -0.4 is 10.9 Å². The lowest BCUT2D eigenvalue weighted by Crippen LogP contribution is -2.29. The Labute approximate surface area is 118 Å². The molecule has 0 spiro atoms. The molecule has 1 aliphatic heterocycles. The zero-order valence-electron chi connectivity index (χ0n) is 12.2. The van der Waals surface area contributed by atoms with Gasteiger partial charge < -0.3 is 5.32 Å². The van der Waals surface area contributed by atoms with Crippen LogP contribution in [0.1, 0.15) is 69.9 Å². The standard InChI is InChI=1S/C15H23N3O2/c1-9(2)11-8-12(19)16-14-13(11)15(20)17-18(14)10-6-4-3-5-7-10/h9-11H,3-8H2,1-2H3,(H,16,19)(H,17,20)/t11-/m0/s1. The Morgan fingerprint density at radius 1 is 1.15 bits per heavy atom. The topological polar surface area (TPSA) is 66.9 Å². The van der Waals surface area contributed by atoms with Gasteiger partial charge in [0.05, 0.1) is 11.6 Å². The normalized spacial score (nSPS) is 23.8. The summed E-state index contributed by atoms with van der Waals surface area (Å²) in [5.74, 6) is 1.09. The number of aromatic nitrogens is 2. The van der Waals surface area contributed by atoms with E-state index >= 15 is 0 Å². The van der Waals surface area contributed by atoms with E-state index in [1.165, 1.54) is 19.3 Å². The summed E-state index contributed by atoms with van der Waals surface area (Å²) in [5.41, 5.74) is 0.759. The molecule has 2 aliphatic rings. The van der Waals surface area contributed by atoms with Gasteiger partial charge in [0.25, 0.3) is 5.56 Å². The molecule has 110 valence electrons. The summed E-state index contributed by atoms with van der Waals surface area (Å²) in [6.45, 7) is 4.15. The summed E-state index contributed by atoms with van der Waals surface area (Å²) in [6, 6.07) is 0.325. The van der Waals surface area contributed by atoms with Crippen LogP contribution in [0.4, 0.5) is 5.82 Å². The number of H-pyrrole nitrogens is 1. The summed E-state index contributed by atoms with van der Waals surface area (Å²) in [5, 5.41) is 5.90. The summed E-state index contributed by atoms with van der Waals surface area (Å²) >= 11 is 0.